The van der Waals surface area contributed by atoms with Crippen LogP contribution in [-0.4, -0.2) is 20.4 Å². The quantitative estimate of drug-likeness (QED) is 0.186. The molecule has 0 bridgehead atoms. The first-order valence-corrected chi connectivity index (χ1v) is 14.3. The molecule has 0 aliphatic heterocycles. The van der Waals surface area contributed by atoms with Gasteiger partial charge >= 0.3 is 0 Å². The maximum Gasteiger partial charge on any atom is 0.293 e. The van der Waals surface area contributed by atoms with Crippen LogP contribution >= 0.6 is 0 Å². The molecule has 0 saturated carbocycles. The number of aromatic nitrogens is 3. The van der Waals surface area contributed by atoms with Gasteiger partial charge in [-0.15, -0.1) is 0 Å². The molecule has 4 N–H and O–H groups in total. The van der Waals surface area contributed by atoms with Crippen molar-refractivity contribution >= 4 is 28.9 Å². The van der Waals surface area contributed by atoms with E-state index in [0.717, 1.165) is 22.3 Å². The molecule has 224 valence electrons. The number of amides is 1. The number of nitrogens with zero attached hydrogens (tertiary/aromatic N) is 3. The summed E-state index contributed by atoms with van der Waals surface area (Å²) in [4.78, 5) is 34.7. The predicted molar refractivity (Wildman–Crippen MR) is 175 cm³/mol. The highest BCUT2D eigenvalue weighted by molar-refractivity contribution is 6.05. The summed E-state index contributed by atoms with van der Waals surface area (Å²) in [6.45, 7) is 8.69. The van der Waals surface area contributed by atoms with E-state index in [1.165, 1.54) is 4.57 Å². The molecule has 1 amide bonds. The molecule has 0 atom stereocenters. The van der Waals surface area contributed by atoms with Gasteiger partial charge in [-0.1, -0.05) is 45.0 Å². The van der Waals surface area contributed by atoms with Crippen LogP contribution in [0.2, 0.25) is 0 Å². The number of anilines is 4. The van der Waals surface area contributed by atoms with Gasteiger partial charge in [0.05, 0.1) is 5.69 Å². The third-order valence-corrected chi connectivity index (χ3v) is 7.31. The zero-order chi connectivity index (χ0) is 31.4. The van der Waals surface area contributed by atoms with Crippen molar-refractivity contribution in [2.75, 3.05) is 16.4 Å². The second kappa shape index (κ2) is 12.4. The lowest BCUT2D eigenvalue weighted by Gasteiger charge is -2.19. The van der Waals surface area contributed by atoms with E-state index in [4.69, 9.17) is 10.5 Å². The van der Waals surface area contributed by atoms with E-state index in [2.05, 4.69) is 41.4 Å². The van der Waals surface area contributed by atoms with Crippen molar-refractivity contribution in [3.05, 3.63) is 124 Å². The normalized spacial score (nSPS) is 11.2. The molecule has 2 aromatic heterocycles. The number of hydrogen-bond acceptors (Lipinski definition) is 7. The lowest BCUT2D eigenvalue weighted by molar-refractivity contribution is 0.102. The number of rotatable bonds is 8. The smallest absolute Gasteiger partial charge is 0.293 e. The minimum atomic E-state index is -0.273. The van der Waals surface area contributed by atoms with Crippen LogP contribution in [0.3, 0.4) is 0 Å². The Morgan fingerprint density at radius 1 is 1.00 bits per heavy atom. The van der Waals surface area contributed by atoms with Gasteiger partial charge in [-0.05, 0) is 83.6 Å². The average molecular weight is 589 g/mol. The van der Waals surface area contributed by atoms with Crippen molar-refractivity contribution in [2.45, 2.75) is 39.7 Å². The molecule has 3 aromatic carbocycles. The number of carbonyl (C=O) groups is 1. The Morgan fingerprint density at radius 3 is 2.41 bits per heavy atom. The number of nitrogens with two attached hydrogens (primary N) is 1. The molecular weight excluding hydrogens is 552 g/mol. The van der Waals surface area contributed by atoms with Crippen molar-refractivity contribution in [1.82, 2.24) is 14.5 Å². The maximum absolute atomic E-state index is 13.1. The highest BCUT2D eigenvalue weighted by atomic mass is 16.5. The molecule has 5 rings (SSSR count). The molecule has 0 spiro atoms. The second-order valence-electron chi connectivity index (χ2n) is 11.7. The van der Waals surface area contributed by atoms with Gasteiger partial charge in [0.25, 0.3) is 11.5 Å². The summed E-state index contributed by atoms with van der Waals surface area (Å²) >= 11 is 0. The van der Waals surface area contributed by atoms with E-state index in [1.807, 2.05) is 79.7 Å². The van der Waals surface area contributed by atoms with E-state index >= 15 is 0 Å². The van der Waals surface area contributed by atoms with E-state index in [1.54, 1.807) is 25.5 Å². The van der Waals surface area contributed by atoms with Gasteiger partial charge in [0, 0.05) is 41.9 Å². The fourth-order valence-corrected chi connectivity index (χ4v) is 4.70. The predicted octanol–water partition coefficient (Wildman–Crippen LogP) is 6.61. The zero-order valence-electron chi connectivity index (χ0n) is 25.5. The highest BCUT2D eigenvalue weighted by Crippen LogP contribution is 2.29. The molecule has 5 aromatic rings. The van der Waals surface area contributed by atoms with Gasteiger partial charge in [-0.2, -0.15) is 0 Å². The lowest BCUT2D eigenvalue weighted by Crippen LogP contribution is -2.21. The monoisotopic (exact) mass is 588 g/mol. The summed E-state index contributed by atoms with van der Waals surface area (Å²) in [5, 5.41) is 6.17. The first-order chi connectivity index (χ1) is 21.0. The number of nitrogens with one attached hydrogen (secondary N) is 2. The molecule has 9 heteroatoms. The van der Waals surface area contributed by atoms with Gasteiger partial charge in [-0.25, -0.2) is 9.97 Å². The van der Waals surface area contributed by atoms with E-state index < -0.39 is 0 Å². The van der Waals surface area contributed by atoms with E-state index in [-0.39, 0.29) is 22.7 Å². The summed E-state index contributed by atoms with van der Waals surface area (Å²) < 4.78 is 7.34. The molecule has 44 heavy (non-hydrogen) atoms. The maximum atomic E-state index is 13.1. The van der Waals surface area contributed by atoms with Crippen molar-refractivity contribution < 1.29 is 9.53 Å². The van der Waals surface area contributed by atoms with Crippen LogP contribution < -0.4 is 26.7 Å². The molecule has 0 fully saturated rings. The Morgan fingerprint density at radius 2 is 1.73 bits per heavy atom. The molecule has 0 saturated heterocycles. The first kappa shape index (κ1) is 30.0. The molecule has 0 unspecified atom stereocenters. The molecule has 9 nitrogen and oxygen atoms in total. The topological polar surface area (TPSA) is 124 Å². The summed E-state index contributed by atoms with van der Waals surface area (Å²) in [7, 11) is 1.68. The number of carbonyl (C=O) groups excluding carboxylic acids is 1. The zero-order valence-corrected chi connectivity index (χ0v) is 25.5. The van der Waals surface area contributed by atoms with Gasteiger partial charge in [0.1, 0.15) is 18.2 Å². The number of hydrogen-bond donors (Lipinski definition) is 3. The Balaban J connectivity index is 1.32. The van der Waals surface area contributed by atoms with Crippen LogP contribution in [0.25, 0.3) is 11.3 Å². The van der Waals surface area contributed by atoms with E-state index in [9.17, 15) is 9.59 Å². The fourth-order valence-electron chi connectivity index (χ4n) is 4.70. The fraction of sp³-hybridized carbons (Fsp3) is 0.200. The Hall–Kier alpha value is -5.44. The molecule has 2 heterocycles. The van der Waals surface area contributed by atoms with Crippen LogP contribution in [0.1, 0.15) is 47.8 Å². The molecular formula is C35H36N6O3. The second-order valence-corrected chi connectivity index (χ2v) is 11.7. The number of pyridine rings is 1. The van der Waals surface area contributed by atoms with Crippen molar-refractivity contribution in [2.24, 2.45) is 7.05 Å². The summed E-state index contributed by atoms with van der Waals surface area (Å²) in [6.07, 6.45) is 3.33. The molecule has 0 aliphatic rings. The Kier molecular flexibility index (Phi) is 8.48. The SMILES string of the molecule is Cc1c(NC(=O)c2ccc(C(C)(C)C)cc2)cccc1-c1cn(C)c(=O)c(Nc2ccc(OCc3ccnc(N)c3)cc2)n1. The number of benzene rings is 3. The van der Waals surface area contributed by atoms with Crippen LogP contribution in [0.5, 0.6) is 5.75 Å². The molecule has 0 aliphatic carbocycles. The Labute approximate surface area is 256 Å². The summed E-state index contributed by atoms with van der Waals surface area (Å²) in [6, 6.07) is 24.2. The number of ether oxygens (including phenoxy) is 1. The van der Waals surface area contributed by atoms with Crippen LogP contribution in [0.4, 0.5) is 23.0 Å². The minimum Gasteiger partial charge on any atom is -0.489 e. The third-order valence-electron chi connectivity index (χ3n) is 7.31. The molecule has 0 radical (unpaired) electrons. The Bertz CT molecular complexity index is 1860. The number of aryl methyl sites for hydroxylation is 1. The van der Waals surface area contributed by atoms with Gasteiger partial charge in [0.15, 0.2) is 5.82 Å². The first-order valence-electron chi connectivity index (χ1n) is 14.3. The average Bonchev–Trinajstić information content (AvgIpc) is 2.99. The van der Waals surface area contributed by atoms with Gasteiger partial charge < -0.3 is 25.7 Å². The van der Waals surface area contributed by atoms with Gasteiger partial charge in [-0.3, -0.25) is 9.59 Å². The van der Waals surface area contributed by atoms with Crippen molar-refractivity contribution in [3.63, 3.8) is 0 Å². The van der Waals surface area contributed by atoms with Crippen LogP contribution in [0.15, 0.2) is 96.1 Å². The van der Waals surface area contributed by atoms with Crippen molar-refractivity contribution in [3.8, 4) is 17.0 Å². The van der Waals surface area contributed by atoms with Crippen LogP contribution in [-0.2, 0) is 19.1 Å². The van der Waals surface area contributed by atoms with Crippen molar-refractivity contribution in [1.29, 1.82) is 0 Å². The van der Waals surface area contributed by atoms with Gasteiger partial charge in [0.2, 0.25) is 0 Å². The highest BCUT2D eigenvalue weighted by Gasteiger charge is 2.17. The minimum absolute atomic E-state index is 0.00484. The standard InChI is InChI=1S/C35H36N6O3/c1-22-28(7-6-8-29(22)40-33(42)24-9-11-25(12-10-24)35(2,3)4)30-20-41(5)34(43)32(39-30)38-26-13-15-27(16-14-26)44-21-23-17-18-37-31(36)19-23/h6-20H,21H2,1-5H3,(H2,36,37)(H,38,39)(H,40,42). The lowest BCUT2D eigenvalue weighted by atomic mass is 9.86. The number of nitrogen functional groups attached to an aromatic ring is 1. The third kappa shape index (κ3) is 6.95. The van der Waals surface area contributed by atoms with E-state index in [0.29, 0.717) is 40.8 Å². The van der Waals surface area contributed by atoms with Crippen LogP contribution in [0, 0.1) is 6.92 Å². The largest absolute Gasteiger partial charge is 0.489 e. The summed E-state index contributed by atoms with van der Waals surface area (Å²) in [5.41, 5.74) is 11.7. The summed E-state index contributed by atoms with van der Waals surface area (Å²) in [5.74, 6) is 1.09.